The zero-order valence-electron chi connectivity index (χ0n) is 12.8. The molecule has 0 atom stereocenters. The van der Waals surface area contributed by atoms with Gasteiger partial charge in [0.25, 0.3) is 0 Å². The molecule has 2 aromatic carbocycles. The van der Waals surface area contributed by atoms with E-state index in [4.69, 9.17) is 21.6 Å². The summed E-state index contributed by atoms with van der Waals surface area (Å²) in [4.78, 5) is 9.50. The first-order valence-electron chi connectivity index (χ1n) is 7.24. The lowest BCUT2D eigenvalue weighted by Crippen LogP contribution is -1.97. The van der Waals surface area contributed by atoms with E-state index in [0.29, 0.717) is 10.3 Å². The van der Waals surface area contributed by atoms with E-state index in [1.165, 1.54) is 5.56 Å². The van der Waals surface area contributed by atoms with E-state index in [2.05, 4.69) is 32.9 Å². The maximum absolute atomic E-state index is 6.13. The van der Waals surface area contributed by atoms with Crippen LogP contribution in [0, 0.1) is 6.92 Å². The largest absolute Gasteiger partial charge is 0.228 e. The molecule has 112 valence electrons. The Morgan fingerprint density at radius 1 is 1.05 bits per heavy atom. The lowest BCUT2D eigenvalue weighted by Gasteiger charge is -2.11. The Kier molecular flexibility index (Phi) is 4.37. The normalized spacial score (nSPS) is 11.3. The Morgan fingerprint density at radius 2 is 1.86 bits per heavy atom. The topological polar surface area (TPSA) is 25.8 Å². The molecule has 3 rings (SSSR count). The van der Waals surface area contributed by atoms with E-state index in [1.807, 2.05) is 30.3 Å². The predicted molar refractivity (Wildman–Crippen MR) is 95.7 cm³/mol. The molecule has 0 aliphatic carbocycles. The average Bonchev–Trinajstić information content (AvgIpc) is 2.46. The molecule has 0 saturated carbocycles. The maximum Gasteiger partial charge on any atom is 0.161 e. The molecule has 0 bridgehead atoms. The van der Waals surface area contributed by atoms with E-state index in [0.717, 1.165) is 27.3 Å². The molecule has 4 heteroatoms. The Labute approximate surface area is 139 Å². The van der Waals surface area contributed by atoms with Gasteiger partial charge in [-0.1, -0.05) is 49.2 Å². The molecular formula is C18H17ClN2S. The number of aryl methyl sites for hydroxylation is 1. The molecule has 0 fully saturated rings. The summed E-state index contributed by atoms with van der Waals surface area (Å²) in [6.07, 6.45) is 0. The second-order valence-electron chi connectivity index (χ2n) is 5.55. The Hall–Kier alpha value is -1.58. The number of nitrogens with zero attached hydrogens (tertiary/aromatic N) is 2. The van der Waals surface area contributed by atoms with Crippen LogP contribution in [0.25, 0.3) is 22.3 Å². The number of hydrogen-bond acceptors (Lipinski definition) is 3. The molecule has 0 radical (unpaired) electrons. The lowest BCUT2D eigenvalue weighted by molar-refractivity contribution is 1.07. The van der Waals surface area contributed by atoms with Gasteiger partial charge in [0.1, 0.15) is 5.03 Å². The van der Waals surface area contributed by atoms with Crippen molar-refractivity contribution in [2.45, 2.75) is 31.0 Å². The van der Waals surface area contributed by atoms with Crippen LogP contribution in [0.5, 0.6) is 0 Å². The first-order chi connectivity index (χ1) is 10.5. The van der Waals surface area contributed by atoms with E-state index >= 15 is 0 Å². The second-order valence-corrected chi connectivity index (χ2v) is 7.55. The van der Waals surface area contributed by atoms with Crippen LogP contribution in [0.1, 0.15) is 19.4 Å². The molecule has 1 aromatic heterocycles. The molecule has 3 aromatic rings. The average molecular weight is 329 g/mol. The fraction of sp³-hybridized carbons (Fsp3) is 0.222. The standard InChI is InChI=1S/C18H17ClN2S/c1-11(2)22-18-15-8-7-14(19)10-16(15)20-17(21-18)13-6-4-5-12(3)9-13/h4-11H,1-3H3. The molecule has 22 heavy (non-hydrogen) atoms. The van der Waals surface area contributed by atoms with E-state index in [9.17, 15) is 0 Å². The van der Waals surface area contributed by atoms with Crippen molar-refractivity contribution >= 4 is 34.3 Å². The Morgan fingerprint density at radius 3 is 2.59 bits per heavy atom. The monoisotopic (exact) mass is 328 g/mol. The highest BCUT2D eigenvalue weighted by molar-refractivity contribution is 8.00. The van der Waals surface area contributed by atoms with Crippen molar-refractivity contribution in [1.82, 2.24) is 9.97 Å². The minimum atomic E-state index is 0.458. The molecular weight excluding hydrogens is 312 g/mol. The van der Waals surface area contributed by atoms with E-state index in [1.54, 1.807) is 11.8 Å². The number of halogens is 1. The highest BCUT2D eigenvalue weighted by Crippen LogP contribution is 2.32. The van der Waals surface area contributed by atoms with Gasteiger partial charge in [-0.3, -0.25) is 0 Å². The van der Waals surface area contributed by atoms with Crippen LogP contribution in [-0.2, 0) is 0 Å². The molecule has 0 unspecified atom stereocenters. The third-order valence-corrected chi connectivity index (χ3v) is 4.49. The van der Waals surface area contributed by atoms with Crippen LogP contribution in [-0.4, -0.2) is 15.2 Å². The molecule has 0 N–H and O–H groups in total. The Balaban J connectivity index is 2.23. The third kappa shape index (κ3) is 3.26. The van der Waals surface area contributed by atoms with Gasteiger partial charge in [0.2, 0.25) is 0 Å². The van der Waals surface area contributed by atoms with Crippen molar-refractivity contribution in [3.63, 3.8) is 0 Å². The van der Waals surface area contributed by atoms with Crippen LogP contribution in [0.2, 0.25) is 5.02 Å². The van der Waals surface area contributed by atoms with Gasteiger partial charge in [0, 0.05) is 21.2 Å². The van der Waals surface area contributed by atoms with Crippen molar-refractivity contribution < 1.29 is 0 Å². The fourth-order valence-electron chi connectivity index (χ4n) is 2.30. The minimum Gasteiger partial charge on any atom is -0.228 e. The molecule has 2 nitrogen and oxygen atoms in total. The molecule has 0 aliphatic rings. The summed E-state index contributed by atoms with van der Waals surface area (Å²) in [6, 6.07) is 14.1. The summed E-state index contributed by atoms with van der Waals surface area (Å²) in [5.41, 5.74) is 3.12. The predicted octanol–water partition coefficient (Wildman–Crippen LogP) is 5.76. The molecule has 0 amide bonds. The van der Waals surface area contributed by atoms with Crippen molar-refractivity contribution in [3.8, 4) is 11.4 Å². The third-order valence-electron chi connectivity index (χ3n) is 3.25. The highest BCUT2D eigenvalue weighted by atomic mass is 35.5. The summed E-state index contributed by atoms with van der Waals surface area (Å²) < 4.78 is 0. The summed E-state index contributed by atoms with van der Waals surface area (Å²) in [7, 11) is 0. The number of fused-ring (bicyclic) bond motifs is 1. The van der Waals surface area contributed by atoms with Crippen molar-refractivity contribution in [2.24, 2.45) is 0 Å². The van der Waals surface area contributed by atoms with Gasteiger partial charge in [-0.2, -0.15) is 0 Å². The van der Waals surface area contributed by atoms with Crippen LogP contribution in [0.4, 0.5) is 0 Å². The van der Waals surface area contributed by atoms with Gasteiger partial charge in [-0.15, -0.1) is 11.8 Å². The van der Waals surface area contributed by atoms with E-state index < -0.39 is 0 Å². The fourth-order valence-corrected chi connectivity index (χ4v) is 3.35. The van der Waals surface area contributed by atoms with Crippen LogP contribution < -0.4 is 0 Å². The van der Waals surface area contributed by atoms with Gasteiger partial charge in [0.15, 0.2) is 5.82 Å². The summed E-state index contributed by atoms with van der Waals surface area (Å²) >= 11 is 7.89. The summed E-state index contributed by atoms with van der Waals surface area (Å²) in [5.74, 6) is 0.751. The first kappa shape index (κ1) is 15.3. The Bertz CT molecular complexity index is 830. The number of rotatable bonds is 3. The number of aromatic nitrogens is 2. The first-order valence-corrected chi connectivity index (χ1v) is 8.49. The van der Waals surface area contributed by atoms with Crippen LogP contribution >= 0.6 is 23.4 Å². The van der Waals surface area contributed by atoms with Gasteiger partial charge in [-0.05, 0) is 31.2 Å². The van der Waals surface area contributed by atoms with Crippen LogP contribution in [0.15, 0.2) is 47.5 Å². The van der Waals surface area contributed by atoms with Gasteiger partial charge < -0.3 is 0 Å². The molecule has 1 heterocycles. The smallest absolute Gasteiger partial charge is 0.161 e. The SMILES string of the molecule is Cc1cccc(-c2nc(SC(C)C)c3ccc(Cl)cc3n2)c1. The lowest BCUT2D eigenvalue weighted by atomic mass is 10.1. The quantitative estimate of drug-likeness (QED) is 0.451. The number of thioether (sulfide) groups is 1. The van der Waals surface area contributed by atoms with E-state index in [-0.39, 0.29) is 0 Å². The number of hydrogen-bond donors (Lipinski definition) is 0. The molecule has 0 aliphatic heterocycles. The summed E-state index contributed by atoms with van der Waals surface area (Å²) in [6.45, 7) is 6.41. The second kappa shape index (κ2) is 6.27. The molecule has 0 saturated heterocycles. The van der Waals surface area contributed by atoms with Crippen molar-refractivity contribution in [3.05, 3.63) is 53.1 Å². The van der Waals surface area contributed by atoms with Crippen LogP contribution in [0.3, 0.4) is 0 Å². The molecule has 0 spiro atoms. The maximum atomic E-state index is 6.13. The zero-order valence-corrected chi connectivity index (χ0v) is 14.4. The zero-order chi connectivity index (χ0) is 15.7. The summed E-state index contributed by atoms with van der Waals surface area (Å²) in [5, 5.41) is 3.22. The van der Waals surface area contributed by atoms with Gasteiger partial charge >= 0.3 is 0 Å². The van der Waals surface area contributed by atoms with Crippen molar-refractivity contribution in [2.75, 3.05) is 0 Å². The van der Waals surface area contributed by atoms with Gasteiger partial charge in [0.05, 0.1) is 5.52 Å². The van der Waals surface area contributed by atoms with Gasteiger partial charge in [-0.25, -0.2) is 9.97 Å². The van der Waals surface area contributed by atoms with Crippen molar-refractivity contribution in [1.29, 1.82) is 0 Å². The minimum absolute atomic E-state index is 0.458. The number of benzene rings is 2. The highest BCUT2D eigenvalue weighted by Gasteiger charge is 2.12.